The van der Waals surface area contributed by atoms with Gasteiger partial charge >= 0.3 is 0 Å². The lowest BCUT2D eigenvalue weighted by atomic mass is 10.1. The van der Waals surface area contributed by atoms with Gasteiger partial charge < -0.3 is 10.6 Å². The lowest BCUT2D eigenvalue weighted by Crippen LogP contribution is -2.13. The lowest BCUT2D eigenvalue weighted by molar-refractivity contribution is -0.113. The Morgan fingerprint density at radius 3 is 2.44 bits per heavy atom. The highest BCUT2D eigenvalue weighted by Gasteiger charge is 2.11. The summed E-state index contributed by atoms with van der Waals surface area (Å²) in [6, 6.07) is 18.5. The molecule has 2 amide bonds. The van der Waals surface area contributed by atoms with Gasteiger partial charge in [-0.25, -0.2) is 4.98 Å². The normalized spacial score (nSPS) is 10.8. The monoisotopic (exact) mass is 481 g/mol. The van der Waals surface area contributed by atoms with Crippen LogP contribution in [-0.2, 0) is 4.79 Å². The van der Waals surface area contributed by atoms with E-state index in [1.54, 1.807) is 18.2 Å². The molecular formula is C24H20ClN3O2S2. The first-order valence-corrected chi connectivity index (χ1v) is 12.0. The summed E-state index contributed by atoms with van der Waals surface area (Å²) in [5.74, 6) is -0.0425. The molecule has 8 heteroatoms. The summed E-state index contributed by atoms with van der Waals surface area (Å²) in [4.78, 5) is 29.3. The van der Waals surface area contributed by atoms with E-state index in [4.69, 9.17) is 11.6 Å². The molecule has 0 saturated heterocycles. The fourth-order valence-corrected chi connectivity index (χ4v) is 5.03. The summed E-state index contributed by atoms with van der Waals surface area (Å²) in [6.07, 6.45) is 0. The fourth-order valence-electron chi connectivity index (χ4n) is 2.95. The third-order valence-corrected chi connectivity index (χ3v) is 7.29. The smallest absolute Gasteiger partial charge is 0.255 e. The van der Waals surface area contributed by atoms with Crippen LogP contribution in [0.15, 0.2) is 65.0 Å². The van der Waals surface area contributed by atoms with Gasteiger partial charge in [0.1, 0.15) is 0 Å². The van der Waals surface area contributed by atoms with Crippen LogP contribution in [0.1, 0.15) is 21.5 Å². The highest BCUT2D eigenvalue weighted by molar-refractivity contribution is 8.01. The van der Waals surface area contributed by atoms with Gasteiger partial charge in [0, 0.05) is 22.0 Å². The Morgan fingerprint density at radius 2 is 1.69 bits per heavy atom. The molecule has 0 unspecified atom stereocenters. The van der Waals surface area contributed by atoms with Crippen LogP contribution in [0.3, 0.4) is 0 Å². The van der Waals surface area contributed by atoms with Crippen LogP contribution in [0, 0.1) is 13.8 Å². The number of thiazole rings is 1. The van der Waals surface area contributed by atoms with Crippen molar-refractivity contribution in [3.8, 4) is 0 Å². The van der Waals surface area contributed by atoms with Crippen molar-refractivity contribution in [2.45, 2.75) is 18.2 Å². The maximum atomic E-state index is 12.5. The van der Waals surface area contributed by atoms with Crippen molar-refractivity contribution >= 4 is 68.1 Å². The second-order valence-corrected chi connectivity index (χ2v) is 9.94. The molecule has 0 atom stereocenters. The number of anilines is 2. The third-order valence-electron chi connectivity index (χ3n) is 4.72. The minimum absolute atomic E-state index is 0.125. The second kappa shape index (κ2) is 9.73. The molecule has 0 aliphatic heterocycles. The summed E-state index contributed by atoms with van der Waals surface area (Å²) >= 11 is 8.97. The summed E-state index contributed by atoms with van der Waals surface area (Å²) in [7, 11) is 0. The van der Waals surface area contributed by atoms with Gasteiger partial charge in [-0.05, 0) is 61.9 Å². The lowest BCUT2D eigenvalue weighted by Gasteiger charge is -2.06. The molecule has 1 heterocycles. The number of carbonyl (C=O) groups excluding carboxylic acids is 2. The van der Waals surface area contributed by atoms with E-state index in [0.717, 1.165) is 25.7 Å². The number of carbonyl (C=O) groups is 2. The van der Waals surface area contributed by atoms with Crippen LogP contribution in [0.25, 0.3) is 10.2 Å². The van der Waals surface area contributed by atoms with Gasteiger partial charge in [0.25, 0.3) is 5.91 Å². The number of thioether (sulfide) groups is 1. The molecule has 0 fully saturated rings. The predicted octanol–water partition coefficient (Wildman–Crippen LogP) is 6.55. The molecule has 1 aromatic heterocycles. The number of benzene rings is 3. The number of rotatable bonds is 6. The molecular weight excluding hydrogens is 462 g/mol. The van der Waals surface area contributed by atoms with Crippen LogP contribution in [0.2, 0.25) is 5.02 Å². The number of hydrogen-bond donors (Lipinski definition) is 2. The van der Waals surface area contributed by atoms with Crippen molar-refractivity contribution in [3.05, 3.63) is 82.4 Å². The Bertz CT molecular complexity index is 1300. The van der Waals surface area contributed by atoms with E-state index in [-0.39, 0.29) is 17.6 Å². The largest absolute Gasteiger partial charge is 0.325 e. The molecule has 0 spiro atoms. The van der Waals surface area contributed by atoms with Crippen LogP contribution in [0.4, 0.5) is 11.4 Å². The molecule has 0 bridgehead atoms. The van der Waals surface area contributed by atoms with E-state index in [1.807, 2.05) is 56.3 Å². The van der Waals surface area contributed by atoms with E-state index in [2.05, 4.69) is 15.6 Å². The third kappa shape index (κ3) is 5.48. The number of fused-ring (bicyclic) bond motifs is 1. The maximum Gasteiger partial charge on any atom is 0.255 e. The van der Waals surface area contributed by atoms with Crippen molar-refractivity contribution in [2.24, 2.45) is 0 Å². The van der Waals surface area contributed by atoms with Crippen LogP contribution < -0.4 is 10.6 Å². The summed E-state index contributed by atoms with van der Waals surface area (Å²) in [5.41, 5.74) is 4.88. The standard InChI is InChI=1S/C24H20ClN3O2S2/c1-14-3-6-16(7-4-14)23(30)27-18-9-10-20-21(12-18)32-24(28-20)31-13-22(29)26-17-8-5-15(2)19(25)11-17/h3-12H,13H2,1-2H3,(H,26,29)(H,27,30). The molecule has 0 saturated carbocycles. The number of aromatic nitrogens is 1. The van der Waals surface area contributed by atoms with E-state index in [1.165, 1.54) is 23.1 Å². The van der Waals surface area contributed by atoms with Gasteiger partial charge in [-0.2, -0.15) is 0 Å². The average molecular weight is 482 g/mol. The van der Waals surface area contributed by atoms with Crippen LogP contribution in [-0.4, -0.2) is 22.6 Å². The Hall–Kier alpha value is -2.87. The van der Waals surface area contributed by atoms with Crippen molar-refractivity contribution in [1.29, 1.82) is 0 Å². The zero-order valence-corrected chi connectivity index (χ0v) is 19.8. The number of nitrogens with one attached hydrogen (secondary N) is 2. The Kier molecular flexibility index (Phi) is 6.79. The molecule has 3 aromatic carbocycles. The number of hydrogen-bond acceptors (Lipinski definition) is 5. The van der Waals surface area contributed by atoms with Crippen LogP contribution in [0.5, 0.6) is 0 Å². The van der Waals surface area contributed by atoms with Crippen molar-refractivity contribution in [1.82, 2.24) is 4.98 Å². The van der Waals surface area contributed by atoms with E-state index >= 15 is 0 Å². The topological polar surface area (TPSA) is 71.1 Å². The van der Waals surface area contributed by atoms with Gasteiger partial charge in [0.05, 0.1) is 16.0 Å². The fraction of sp³-hybridized carbons (Fsp3) is 0.125. The van der Waals surface area contributed by atoms with Gasteiger partial charge in [-0.15, -0.1) is 11.3 Å². The predicted molar refractivity (Wildman–Crippen MR) is 134 cm³/mol. The van der Waals surface area contributed by atoms with E-state index in [0.29, 0.717) is 22.0 Å². The first-order valence-electron chi connectivity index (χ1n) is 9.85. The average Bonchev–Trinajstić information content (AvgIpc) is 3.17. The molecule has 4 aromatic rings. The zero-order valence-electron chi connectivity index (χ0n) is 17.4. The first kappa shape index (κ1) is 22.3. The van der Waals surface area contributed by atoms with Gasteiger partial charge in [-0.1, -0.05) is 47.1 Å². The van der Waals surface area contributed by atoms with Gasteiger partial charge in [0.15, 0.2) is 4.34 Å². The first-order chi connectivity index (χ1) is 15.4. The highest BCUT2D eigenvalue weighted by atomic mass is 35.5. The van der Waals surface area contributed by atoms with Crippen molar-refractivity contribution in [2.75, 3.05) is 16.4 Å². The summed E-state index contributed by atoms with van der Waals surface area (Å²) in [5, 5.41) is 6.39. The minimum Gasteiger partial charge on any atom is -0.325 e. The number of halogens is 1. The number of nitrogens with zero attached hydrogens (tertiary/aromatic N) is 1. The number of aryl methyl sites for hydroxylation is 2. The van der Waals surface area contributed by atoms with Crippen molar-refractivity contribution in [3.63, 3.8) is 0 Å². The van der Waals surface area contributed by atoms with Crippen LogP contribution >= 0.6 is 34.7 Å². The molecule has 0 radical (unpaired) electrons. The second-order valence-electron chi connectivity index (χ2n) is 7.28. The van der Waals surface area contributed by atoms with Gasteiger partial charge in [0.2, 0.25) is 5.91 Å². The summed E-state index contributed by atoms with van der Waals surface area (Å²) in [6.45, 7) is 3.90. The maximum absolute atomic E-state index is 12.5. The zero-order chi connectivity index (χ0) is 22.7. The van der Waals surface area contributed by atoms with E-state index < -0.39 is 0 Å². The molecule has 5 nitrogen and oxygen atoms in total. The highest BCUT2D eigenvalue weighted by Crippen LogP contribution is 2.31. The Morgan fingerprint density at radius 1 is 0.969 bits per heavy atom. The van der Waals surface area contributed by atoms with E-state index in [9.17, 15) is 9.59 Å². The molecule has 32 heavy (non-hydrogen) atoms. The Balaban J connectivity index is 1.38. The quantitative estimate of drug-likeness (QED) is 0.306. The molecule has 2 N–H and O–H groups in total. The van der Waals surface area contributed by atoms with Gasteiger partial charge in [-0.3, -0.25) is 9.59 Å². The minimum atomic E-state index is -0.156. The summed E-state index contributed by atoms with van der Waals surface area (Å²) < 4.78 is 1.74. The number of amides is 2. The molecule has 162 valence electrons. The SMILES string of the molecule is Cc1ccc(C(=O)Nc2ccc3nc(SCC(=O)Nc4ccc(C)c(Cl)c4)sc3c2)cc1. The van der Waals surface area contributed by atoms with Crippen molar-refractivity contribution < 1.29 is 9.59 Å². The molecule has 4 rings (SSSR count). The molecule has 0 aliphatic rings. The Labute approximate surface area is 199 Å². The molecule has 0 aliphatic carbocycles.